The number of hydrogen-bond donors (Lipinski definition) is 1. The van der Waals surface area contributed by atoms with Gasteiger partial charge in [0.05, 0.1) is 5.56 Å². The molecule has 1 aromatic heterocycles. The van der Waals surface area contributed by atoms with Crippen LogP contribution >= 0.6 is 11.6 Å². The Morgan fingerprint density at radius 2 is 1.87 bits per heavy atom. The number of amides is 1. The predicted molar refractivity (Wildman–Crippen MR) is 83.4 cm³/mol. The molecule has 0 bridgehead atoms. The number of nitrogens with one attached hydrogen (secondary N) is 1. The molecule has 6 nitrogen and oxygen atoms in total. The van der Waals surface area contributed by atoms with Crippen LogP contribution in [0, 0.1) is 5.82 Å². The van der Waals surface area contributed by atoms with Crippen molar-refractivity contribution in [2.45, 2.75) is 12.3 Å². The lowest BCUT2D eigenvalue weighted by molar-refractivity contribution is -0.116. The third kappa shape index (κ3) is 2.28. The largest absolute Gasteiger partial charge is 0.332 e. The Morgan fingerprint density at radius 1 is 1.17 bits per heavy atom. The molecule has 1 aromatic carbocycles. The van der Waals surface area contributed by atoms with E-state index in [4.69, 9.17) is 11.6 Å². The Bertz CT molecular complexity index is 928. The van der Waals surface area contributed by atoms with Crippen molar-refractivity contribution in [1.82, 2.24) is 9.13 Å². The molecule has 1 aliphatic heterocycles. The highest BCUT2D eigenvalue weighted by molar-refractivity contribution is 6.31. The Hall–Kier alpha value is -2.41. The molecule has 3 rings (SSSR count). The van der Waals surface area contributed by atoms with Crippen molar-refractivity contribution in [3.63, 3.8) is 0 Å². The standard InChI is InChI=1S/C15H13ClFN3O3/c1-19-13-12(14(22)20(2)15(19)23)7(6-10(21)18-13)11-8(16)4-3-5-9(11)17/h3-5,7H,6H2,1-2H3,(H,18,21)/t7-/m1/s1. The molecular weight excluding hydrogens is 325 g/mol. The second kappa shape index (κ2) is 5.34. The lowest BCUT2D eigenvalue weighted by Gasteiger charge is -2.27. The Balaban J connectivity index is 2.39. The van der Waals surface area contributed by atoms with Crippen LogP contribution < -0.4 is 16.6 Å². The van der Waals surface area contributed by atoms with Crippen molar-refractivity contribution in [2.75, 3.05) is 5.32 Å². The number of rotatable bonds is 1. The van der Waals surface area contributed by atoms with Crippen LogP contribution in [-0.2, 0) is 18.9 Å². The highest BCUT2D eigenvalue weighted by Gasteiger charge is 2.34. The third-order valence-electron chi connectivity index (χ3n) is 4.04. The smallest absolute Gasteiger partial charge is 0.312 e. The lowest BCUT2D eigenvalue weighted by Crippen LogP contribution is -2.44. The van der Waals surface area contributed by atoms with Crippen molar-refractivity contribution in [1.29, 1.82) is 0 Å². The fourth-order valence-electron chi connectivity index (χ4n) is 2.90. The zero-order chi connectivity index (χ0) is 16.9. The number of fused-ring (bicyclic) bond motifs is 1. The molecule has 0 aliphatic carbocycles. The first-order chi connectivity index (χ1) is 10.8. The van der Waals surface area contributed by atoms with E-state index >= 15 is 0 Å². The minimum Gasteiger partial charge on any atom is -0.312 e. The number of hydrogen-bond acceptors (Lipinski definition) is 3. The van der Waals surface area contributed by atoms with E-state index in [1.54, 1.807) is 0 Å². The van der Waals surface area contributed by atoms with E-state index in [1.807, 2.05) is 0 Å². The quantitative estimate of drug-likeness (QED) is 0.853. The first-order valence-corrected chi connectivity index (χ1v) is 7.24. The molecule has 8 heteroatoms. The average molecular weight is 338 g/mol. The van der Waals surface area contributed by atoms with E-state index < -0.39 is 28.9 Å². The molecular formula is C15H13ClFN3O3. The van der Waals surface area contributed by atoms with Crippen molar-refractivity contribution < 1.29 is 9.18 Å². The van der Waals surface area contributed by atoms with Crippen LogP contribution in [-0.4, -0.2) is 15.0 Å². The summed E-state index contributed by atoms with van der Waals surface area (Å²) in [7, 11) is 2.77. The van der Waals surface area contributed by atoms with E-state index in [2.05, 4.69) is 5.32 Å². The summed E-state index contributed by atoms with van der Waals surface area (Å²) in [5, 5.41) is 2.65. The van der Waals surface area contributed by atoms with Gasteiger partial charge in [0.15, 0.2) is 0 Å². The molecule has 120 valence electrons. The number of carbonyl (C=O) groups excluding carboxylic acids is 1. The minimum atomic E-state index is -0.849. The SMILES string of the molecule is Cn1c2c(c(=O)n(C)c1=O)[C@@H](c1c(F)cccc1Cl)CC(=O)N2. The summed E-state index contributed by atoms with van der Waals surface area (Å²) >= 11 is 6.09. The van der Waals surface area contributed by atoms with Crippen LogP contribution in [0.3, 0.4) is 0 Å². The summed E-state index contributed by atoms with van der Waals surface area (Å²) in [6.07, 6.45) is -0.124. The van der Waals surface area contributed by atoms with Gasteiger partial charge in [0.25, 0.3) is 5.56 Å². The molecule has 1 aliphatic rings. The van der Waals surface area contributed by atoms with Gasteiger partial charge in [-0.1, -0.05) is 17.7 Å². The normalized spacial score (nSPS) is 16.9. The third-order valence-corrected chi connectivity index (χ3v) is 4.37. The monoisotopic (exact) mass is 337 g/mol. The summed E-state index contributed by atoms with van der Waals surface area (Å²) in [6, 6.07) is 4.17. The van der Waals surface area contributed by atoms with Gasteiger partial charge in [0, 0.05) is 37.0 Å². The fourth-order valence-corrected chi connectivity index (χ4v) is 3.19. The number of nitrogens with zero attached hydrogens (tertiary/aromatic N) is 2. The van der Waals surface area contributed by atoms with Gasteiger partial charge in [-0.3, -0.25) is 18.7 Å². The maximum absolute atomic E-state index is 14.3. The van der Waals surface area contributed by atoms with Gasteiger partial charge in [-0.2, -0.15) is 0 Å². The summed E-state index contributed by atoms with van der Waals surface area (Å²) in [4.78, 5) is 36.5. The Kier molecular flexibility index (Phi) is 3.60. The number of carbonyl (C=O) groups is 1. The van der Waals surface area contributed by atoms with E-state index in [-0.39, 0.29) is 28.4 Å². The lowest BCUT2D eigenvalue weighted by atomic mass is 9.86. The van der Waals surface area contributed by atoms with Gasteiger partial charge >= 0.3 is 5.69 Å². The first-order valence-electron chi connectivity index (χ1n) is 6.86. The van der Waals surface area contributed by atoms with Crippen LogP contribution in [0.4, 0.5) is 10.2 Å². The van der Waals surface area contributed by atoms with Crippen molar-refractivity contribution in [3.05, 3.63) is 61.0 Å². The molecule has 0 saturated carbocycles. The highest BCUT2D eigenvalue weighted by atomic mass is 35.5. The molecule has 1 N–H and O–H groups in total. The second-order valence-corrected chi connectivity index (χ2v) is 5.82. The highest BCUT2D eigenvalue weighted by Crippen LogP contribution is 2.38. The van der Waals surface area contributed by atoms with Gasteiger partial charge in [-0.25, -0.2) is 9.18 Å². The Labute approximate surface area is 135 Å². The van der Waals surface area contributed by atoms with Crippen LogP contribution in [0.15, 0.2) is 27.8 Å². The van der Waals surface area contributed by atoms with E-state index in [1.165, 1.54) is 32.3 Å². The van der Waals surface area contributed by atoms with Gasteiger partial charge in [0.1, 0.15) is 11.6 Å². The molecule has 1 amide bonds. The van der Waals surface area contributed by atoms with Crippen LogP contribution in [0.1, 0.15) is 23.5 Å². The molecule has 2 aromatic rings. The summed E-state index contributed by atoms with van der Waals surface area (Å²) in [5.74, 6) is -1.78. The van der Waals surface area contributed by atoms with Gasteiger partial charge < -0.3 is 5.32 Å². The van der Waals surface area contributed by atoms with Crippen LogP contribution in [0.2, 0.25) is 5.02 Å². The molecule has 0 unspecified atom stereocenters. The van der Waals surface area contributed by atoms with Crippen molar-refractivity contribution in [2.24, 2.45) is 14.1 Å². The van der Waals surface area contributed by atoms with Gasteiger partial charge in [-0.05, 0) is 12.1 Å². The van der Waals surface area contributed by atoms with Crippen LogP contribution in [0.25, 0.3) is 0 Å². The molecule has 0 radical (unpaired) electrons. The van der Waals surface area contributed by atoms with E-state index in [0.29, 0.717) is 0 Å². The van der Waals surface area contributed by atoms with Gasteiger partial charge in [-0.15, -0.1) is 0 Å². The Morgan fingerprint density at radius 3 is 2.52 bits per heavy atom. The molecule has 2 heterocycles. The maximum Gasteiger partial charge on any atom is 0.332 e. The summed E-state index contributed by atoms with van der Waals surface area (Å²) in [5.41, 5.74) is -0.913. The van der Waals surface area contributed by atoms with Crippen molar-refractivity contribution in [3.8, 4) is 0 Å². The molecule has 0 fully saturated rings. The molecule has 23 heavy (non-hydrogen) atoms. The summed E-state index contributed by atoms with van der Waals surface area (Å²) < 4.78 is 16.4. The number of anilines is 1. The van der Waals surface area contributed by atoms with Crippen LogP contribution in [0.5, 0.6) is 0 Å². The topological polar surface area (TPSA) is 73.1 Å². The summed E-state index contributed by atoms with van der Waals surface area (Å²) in [6.45, 7) is 0. The zero-order valence-electron chi connectivity index (χ0n) is 12.4. The number of halogens is 2. The number of benzene rings is 1. The zero-order valence-corrected chi connectivity index (χ0v) is 13.1. The van der Waals surface area contributed by atoms with E-state index in [0.717, 1.165) is 9.13 Å². The number of aromatic nitrogens is 2. The average Bonchev–Trinajstić information content (AvgIpc) is 2.50. The van der Waals surface area contributed by atoms with Gasteiger partial charge in [0.2, 0.25) is 5.91 Å². The van der Waals surface area contributed by atoms with E-state index in [9.17, 15) is 18.8 Å². The second-order valence-electron chi connectivity index (χ2n) is 5.41. The maximum atomic E-state index is 14.3. The molecule has 0 saturated heterocycles. The molecule has 1 atom stereocenters. The first kappa shape index (κ1) is 15.5. The predicted octanol–water partition coefficient (Wildman–Crippen LogP) is 1.35. The minimum absolute atomic E-state index is 0.0821. The fraction of sp³-hybridized carbons (Fsp3) is 0.267. The molecule has 0 spiro atoms. The van der Waals surface area contributed by atoms with Crippen molar-refractivity contribution >= 4 is 23.3 Å².